The molecule has 0 saturated carbocycles. The summed E-state index contributed by atoms with van der Waals surface area (Å²) >= 11 is 0. The first kappa shape index (κ1) is 9.45. The highest BCUT2D eigenvalue weighted by atomic mass is 16.7. The smallest absolute Gasteiger partial charge is 0.246 e. The Morgan fingerprint density at radius 1 is 1.50 bits per heavy atom. The Morgan fingerprint density at radius 2 is 2.21 bits per heavy atom. The van der Waals surface area contributed by atoms with Crippen molar-refractivity contribution in [2.45, 2.75) is 25.9 Å². The van der Waals surface area contributed by atoms with E-state index in [0.717, 1.165) is 6.42 Å². The molecule has 2 fully saturated rings. The van der Waals surface area contributed by atoms with Crippen LogP contribution in [0.5, 0.6) is 0 Å². The fraction of sp³-hybridized carbons (Fsp3) is 0.778. The molecule has 0 N–H and O–H groups in total. The number of hydrogen-bond acceptors (Lipinski definition) is 3. The number of likely N-dealkylation sites (tertiary alicyclic amines) is 1. The largest absolute Gasteiger partial charge is 0.337 e. The average molecular weight is 198 g/mol. The van der Waals surface area contributed by atoms with Gasteiger partial charge in [-0.1, -0.05) is 0 Å². The third-order valence-electron chi connectivity index (χ3n) is 2.60. The summed E-state index contributed by atoms with van der Waals surface area (Å²) < 4.78 is 0. The van der Waals surface area contributed by atoms with Crippen molar-refractivity contribution in [3.05, 3.63) is 0 Å². The van der Waals surface area contributed by atoms with Gasteiger partial charge in [0.1, 0.15) is 6.10 Å². The lowest BCUT2D eigenvalue weighted by atomic mass is 10.2. The number of carbonyl (C=O) groups excluding carboxylic acids is 2. The monoisotopic (exact) mass is 198 g/mol. The van der Waals surface area contributed by atoms with Crippen LogP contribution in [0.4, 0.5) is 0 Å². The summed E-state index contributed by atoms with van der Waals surface area (Å²) in [5.41, 5.74) is 0. The second-order valence-electron chi connectivity index (χ2n) is 3.75. The summed E-state index contributed by atoms with van der Waals surface area (Å²) in [4.78, 5) is 29.2. The van der Waals surface area contributed by atoms with Crippen molar-refractivity contribution in [2.24, 2.45) is 0 Å². The summed E-state index contributed by atoms with van der Waals surface area (Å²) in [5.74, 6) is 0.129. The van der Waals surface area contributed by atoms with Crippen molar-refractivity contribution < 1.29 is 14.4 Å². The lowest BCUT2D eigenvalue weighted by Crippen LogP contribution is -2.56. The Balaban J connectivity index is 1.73. The molecule has 0 atom stereocenters. The quantitative estimate of drug-likeness (QED) is 0.616. The van der Waals surface area contributed by atoms with E-state index in [1.54, 1.807) is 4.90 Å². The summed E-state index contributed by atoms with van der Waals surface area (Å²) in [6.45, 7) is 3.45. The van der Waals surface area contributed by atoms with E-state index >= 15 is 0 Å². The van der Waals surface area contributed by atoms with Crippen LogP contribution in [0.3, 0.4) is 0 Å². The number of carbonyl (C=O) groups is 2. The van der Waals surface area contributed by atoms with Gasteiger partial charge < -0.3 is 4.90 Å². The molecule has 0 radical (unpaired) electrons. The molecular weight excluding hydrogens is 184 g/mol. The van der Waals surface area contributed by atoms with Gasteiger partial charge in [-0.15, -0.1) is 0 Å². The molecule has 5 nitrogen and oxygen atoms in total. The highest BCUT2D eigenvalue weighted by Crippen LogP contribution is 2.17. The standard InChI is InChI=1S/C9H14N2O3/c1-7(12)10-5-8(6-10)14-11-4-2-3-9(11)13/h8H,2-6H2,1H3. The lowest BCUT2D eigenvalue weighted by Gasteiger charge is -2.39. The van der Waals surface area contributed by atoms with E-state index in [0.29, 0.717) is 26.1 Å². The summed E-state index contributed by atoms with van der Waals surface area (Å²) in [6.07, 6.45) is 1.48. The highest BCUT2D eigenvalue weighted by molar-refractivity contribution is 5.77. The fourth-order valence-electron chi connectivity index (χ4n) is 1.68. The van der Waals surface area contributed by atoms with Crippen molar-refractivity contribution in [3.63, 3.8) is 0 Å². The summed E-state index contributed by atoms with van der Waals surface area (Å²) in [7, 11) is 0. The first-order chi connectivity index (χ1) is 6.66. The van der Waals surface area contributed by atoms with Gasteiger partial charge in [-0.3, -0.25) is 14.4 Å². The SMILES string of the molecule is CC(=O)N1CC(ON2CCCC2=O)C1. The molecule has 2 aliphatic rings. The molecule has 0 aromatic carbocycles. The summed E-state index contributed by atoms with van der Waals surface area (Å²) in [5, 5.41) is 1.43. The van der Waals surface area contributed by atoms with Gasteiger partial charge in [0.25, 0.3) is 0 Å². The van der Waals surface area contributed by atoms with Gasteiger partial charge >= 0.3 is 0 Å². The Labute approximate surface area is 82.6 Å². The van der Waals surface area contributed by atoms with Crippen LogP contribution < -0.4 is 0 Å². The first-order valence-corrected chi connectivity index (χ1v) is 4.89. The van der Waals surface area contributed by atoms with Gasteiger partial charge in [0.15, 0.2) is 0 Å². The van der Waals surface area contributed by atoms with Gasteiger partial charge in [-0.2, -0.15) is 0 Å². The van der Waals surface area contributed by atoms with Crippen LogP contribution in [-0.2, 0) is 14.4 Å². The summed E-state index contributed by atoms with van der Waals surface area (Å²) in [6, 6.07) is 0. The normalized spacial score (nSPS) is 22.8. The zero-order valence-corrected chi connectivity index (χ0v) is 8.23. The van der Waals surface area contributed by atoms with Gasteiger partial charge in [-0.05, 0) is 6.42 Å². The predicted molar refractivity (Wildman–Crippen MR) is 48.1 cm³/mol. The zero-order chi connectivity index (χ0) is 10.1. The molecule has 0 unspecified atom stereocenters. The van der Waals surface area contributed by atoms with Gasteiger partial charge in [0.2, 0.25) is 11.8 Å². The first-order valence-electron chi connectivity index (χ1n) is 4.89. The van der Waals surface area contributed by atoms with E-state index in [2.05, 4.69) is 0 Å². The van der Waals surface area contributed by atoms with Gasteiger partial charge in [-0.25, -0.2) is 5.06 Å². The zero-order valence-electron chi connectivity index (χ0n) is 8.23. The minimum atomic E-state index is 0.0148. The Kier molecular flexibility index (Phi) is 2.41. The minimum absolute atomic E-state index is 0.0148. The van der Waals surface area contributed by atoms with Crippen molar-refractivity contribution >= 4 is 11.8 Å². The molecule has 0 aromatic heterocycles. The number of hydrogen-bond donors (Lipinski definition) is 0. The van der Waals surface area contributed by atoms with Crippen molar-refractivity contribution in [2.75, 3.05) is 19.6 Å². The molecule has 2 amide bonds. The number of rotatable bonds is 2. The average Bonchev–Trinajstić information content (AvgIpc) is 2.42. The van der Waals surface area contributed by atoms with Crippen LogP contribution in [0.15, 0.2) is 0 Å². The molecule has 78 valence electrons. The van der Waals surface area contributed by atoms with E-state index in [-0.39, 0.29) is 17.9 Å². The topological polar surface area (TPSA) is 49.9 Å². The molecule has 0 bridgehead atoms. The molecule has 14 heavy (non-hydrogen) atoms. The number of amides is 2. The third-order valence-corrected chi connectivity index (χ3v) is 2.60. The highest BCUT2D eigenvalue weighted by Gasteiger charge is 2.33. The van der Waals surface area contributed by atoms with E-state index in [4.69, 9.17) is 4.84 Å². The second kappa shape index (κ2) is 3.57. The van der Waals surface area contributed by atoms with Crippen LogP contribution in [0.2, 0.25) is 0 Å². The van der Waals surface area contributed by atoms with Crippen molar-refractivity contribution in [1.29, 1.82) is 0 Å². The fourth-order valence-corrected chi connectivity index (χ4v) is 1.68. The van der Waals surface area contributed by atoms with Gasteiger partial charge in [0.05, 0.1) is 13.1 Å². The minimum Gasteiger partial charge on any atom is -0.337 e. The molecule has 2 rings (SSSR count). The maximum Gasteiger partial charge on any atom is 0.246 e. The van der Waals surface area contributed by atoms with Crippen LogP contribution in [-0.4, -0.2) is 47.5 Å². The molecule has 2 heterocycles. The number of nitrogens with zero attached hydrogens (tertiary/aromatic N) is 2. The van der Waals surface area contributed by atoms with Crippen LogP contribution in [0.25, 0.3) is 0 Å². The lowest BCUT2D eigenvalue weighted by molar-refractivity contribution is -0.220. The van der Waals surface area contributed by atoms with E-state index in [1.807, 2.05) is 0 Å². The molecule has 2 saturated heterocycles. The van der Waals surface area contributed by atoms with E-state index < -0.39 is 0 Å². The Bertz CT molecular complexity index is 261. The van der Waals surface area contributed by atoms with E-state index in [1.165, 1.54) is 12.0 Å². The molecule has 5 heteroatoms. The maximum absolute atomic E-state index is 11.2. The van der Waals surface area contributed by atoms with Crippen LogP contribution >= 0.6 is 0 Å². The predicted octanol–water partition coefficient (Wildman–Crippen LogP) is -0.229. The van der Waals surface area contributed by atoms with Gasteiger partial charge in [0, 0.05) is 19.9 Å². The van der Waals surface area contributed by atoms with Crippen molar-refractivity contribution in [3.8, 4) is 0 Å². The molecule has 2 aliphatic heterocycles. The number of hydroxylamine groups is 2. The third kappa shape index (κ3) is 1.72. The maximum atomic E-state index is 11.2. The molecule has 0 aliphatic carbocycles. The van der Waals surface area contributed by atoms with E-state index in [9.17, 15) is 9.59 Å². The van der Waals surface area contributed by atoms with Crippen LogP contribution in [0.1, 0.15) is 19.8 Å². The van der Waals surface area contributed by atoms with Crippen LogP contribution in [0, 0.1) is 0 Å². The Morgan fingerprint density at radius 3 is 2.71 bits per heavy atom. The second-order valence-corrected chi connectivity index (χ2v) is 3.75. The molecular formula is C9H14N2O3. The Hall–Kier alpha value is -1.10. The molecule has 0 aromatic rings. The molecule has 0 spiro atoms. The van der Waals surface area contributed by atoms with Crippen molar-refractivity contribution in [1.82, 2.24) is 9.96 Å².